The van der Waals surface area contributed by atoms with Gasteiger partial charge in [0.2, 0.25) is 5.91 Å². The van der Waals surface area contributed by atoms with Crippen molar-refractivity contribution in [3.8, 4) is 17.2 Å². The second-order valence-corrected chi connectivity index (χ2v) is 8.69. The Morgan fingerprint density at radius 1 is 0.914 bits per heavy atom. The minimum absolute atomic E-state index is 0.0557. The molecule has 0 saturated heterocycles. The molecule has 0 aromatic heterocycles. The van der Waals surface area contributed by atoms with Gasteiger partial charge in [0.05, 0.1) is 33.3 Å². The number of benzene rings is 3. The Morgan fingerprint density at radius 3 is 2.37 bits per heavy atom. The summed E-state index contributed by atoms with van der Waals surface area (Å²) in [5, 5.41) is 3.10. The van der Waals surface area contributed by atoms with Gasteiger partial charge in [-0.2, -0.15) is 0 Å². The SMILES string of the molecule is COc1ccccc1CNC(=O)[C@H]1c2ccccc2C(=O)N2CCc3cc(OC)c(OC)cc3[C@H]12. The molecule has 0 aliphatic carbocycles. The Morgan fingerprint density at radius 2 is 1.60 bits per heavy atom. The normalized spacial score (nSPS) is 18.1. The van der Waals surface area contributed by atoms with Gasteiger partial charge in [-0.15, -0.1) is 0 Å². The van der Waals surface area contributed by atoms with Crippen molar-refractivity contribution in [2.45, 2.75) is 24.9 Å². The van der Waals surface area contributed by atoms with Crippen LogP contribution in [0.15, 0.2) is 60.7 Å². The lowest BCUT2D eigenvalue weighted by Gasteiger charge is -2.45. The van der Waals surface area contributed by atoms with E-state index >= 15 is 0 Å². The van der Waals surface area contributed by atoms with Gasteiger partial charge in [0, 0.05) is 24.2 Å². The smallest absolute Gasteiger partial charge is 0.254 e. The van der Waals surface area contributed by atoms with Crippen LogP contribution in [0.1, 0.15) is 44.6 Å². The largest absolute Gasteiger partial charge is 0.496 e. The number of nitrogens with one attached hydrogen (secondary N) is 1. The zero-order valence-corrected chi connectivity index (χ0v) is 20.0. The van der Waals surface area contributed by atoms with Crippen molar-refractivity contribution in [1.29, 1.82) is 0 Å². The van der Waals surface area contributed by atoms with Crippen molar-refractivity contribution in [2.75, 3.05) is 27.9 Å². The third-order valence-corrected chi connectivity index (χ3v) is 6.95. The number of hydrogen-bond donors (Lipinski definition) is 1. The summed E-state index contributed by atoms with van der Waals surface area (Å²) in [6.45, 7) is 0.845. The van der Waals surface area contributed by atoms with Crippen LogP contribution < -0.4 is 19.5 Å². The Labute approximate surface area is 204 Å². The maximum absolute atomic E-state index is 13.8. The predicted octanol–water partition coefficient (Wildman–Crippen LogP) is 3.87. The van der Waals surface area contributed by atoms with Gasteiger partial charge in [-0.1, -0.05) is 36.4 Å². The van der Waals surface area contributed by atoms with E-state index in [0.29, 0.717) is 42.3 Å². The molecule has 3 aromatic rings. The van der Waals surface area contributed by atoms with Crippen molar-refractivity contribution in [3.05, 3.63) is 88.5 Å². The molecule has 5 rings (SSSR count). The van der Waals surface area contributed by atoms with E-state index in [1.807, 2.05) is 59.5 Å². The van der Waals surface area contributed by atoms with Crippen LogP contribution >= 0.6 is 0 Å². The molecule has 2 atom stereocenters. The van der Waals surface area contributed by atoms with Crippen LogP contribution in [0.25, 0.3) is 0 Å². The Bertz CT molecular complexity index is 1290. The van der Waals surface area contributed by atoms with E-state index < -0.39 is 12.0 Å². The predicted molar refractivity (Wildman–Crippen MR) is 131 cm³/mol. The van der Waals surface area contributed by atoms with Gasteiger partial charge in [0.1, 0.15) is 5.75 Å². The molecule has 0 bridgehead atoms. The maximum atomic E-state index is 13.8. The zero-order valence-electron chi connectivity index (χ0n) is 20.0. The van der Waals surface area contributed by atoms with Gasteiger partial charge in [-0.05, 0) is 47.4 Å². The number of carbonyl (C=O) groups excluding carboxylic acids is 2. The van der Waals surface area contributed by atoms with Gasteiger partial charge in [-0.3, -0.25) is 9.59 Å². The molecule has 180 valence electrons. The molecule has 0 spiro atoms. The van der Waals surface area contributed by atoms with Gasteiger partial charge in [-0.25, -0.2) is 0 Å². The molecule has 0 unspecified atom stereocenters. The lowest BCUT2D eigenvalue weighted by Crippen LogP contribution is -2.50. The average Bonchev–Trinajstić information content (AvgIpc) is 2.91. The average molecular weight is 473 g/mol. The first-order valence-electron chi connectivity index (χ1n) is 11.6. The van der Waals surface area contributed by atoms with E-state index in [-0.39, 0.29) is 11.8 Å². The summed E-state index contributed by atoms with van der Waals surface area (Å²) in [5.41, 5.74) is 4.16. The van der Waals surface area contributed by atoms with E-state index in [1.165, 1.54) is 0 Å². The Balaban J connectivity index is 1.58. The fraction of sp³-hybridized carbons (Fsp3) is 0.286. The van der Waals surface area contributed by atoms with Crippen LogP contribution in [0.2, 0.25) is 0 Å². The number of amides is 2. The summed E-state index contributed by atoms with van der Waals surface area (Å²) >= 11 is 0. The lowest BCUT2D eigenvalue weighted by atomic mass is 9.75. The van der Waals surface area contributed by atoms with E-state index in [0.717, 1.165) is 22.3 Å². The zero-order chi connectivity index (χ0) is 24.5. The molecule has 3 aromatic carbocycles. The fourth-order valence-electron chi connectivity index (χ4n) is 5.28. The number of hydrogen-bond acceptors (Lipinski definition) is 5. The number of para-hydroxylation sites is 1. The molecule has 0 saturated carbocycles. The third kappa shape index (κ3) is 3.87. The van der Waals surface area contributed by atoms with Gasteiger partial charge in [0.25, 0.3) is 5.91 Å². The molecule has 2 heterocycles. The number of ether oxygens (including phenoxy) is 3. The molecular weight excluding hydrogens is 444 g/mol. The third-order valence-electron chi connectivity index (χ3n) is 6.95. The summed E-state index contributed by atoms with van der Waals surface area (Å²) in [6.07, 6.45) is 0.676. The second kappa shape index (κ2) is 9.33. The molecule has 2 aliphatic rings. The number of carbonyl (C=O) groups is 2. The topological polar surface area (TPSA) is 77.1 Å². The minimum Gasteiger partial charge on any atom is -0.496 e. The summed E-state index contributed by atoms with van der Waals surface area (Å²) in [6, 6.07) is 18.4. The number of rotatable bonds is 6. The van der Waals surface area contributed by atoms with Crippen LogP contribution in [0.3, 0.4) is 0 Å². The minimum atomic E-state index is -0.573. The van der Waals surface area contributed by atoms with E-state index in [4.69, 9.17) is 14.2 Å². The van der Waals surface area contributed by atoms with E-state index in [9.17, 15) is 9.59 Å². The van der Waals surface area contributed by atoms with Crippen molar-refractivity contribution >= 4 is 11.8 Å². The molecule has 7 nitrogen and oxygen atoms in total. The van der Waals surface area contributed by atoms with Gasteiger partial charge in [0.15, 0.2) is 11.5 Å². The number of fused-ring (bicyclic) bond motifs is 4. The monoisotopic (exact) mass is 472 g/mol. The molecule has 0 fully saturated rings. The van der Waals surface area contributed by atoms with Crippen LogP contribution in [0, 0.1) is 0 Å². The quantitative estimate of drug-likeness (QED) is 0.590. The maximum Gasteiger partial charge on any atom is 0.254 e. The number of methoxy groups -OCH3 is 3. The van der Waals surface area contributed by atoms with E-state index in [1.54, 1.807) is 27.4 Å². The molecule has 2 amide bonds. The molecule has 1 N–H and O–H groups in total. The second-order valence-electron chi connectivity index (χ2n) is 8.69. The van der Waals surface area contributed by atoms with Gasteiger partial charge < -0.3 is 24.4 Å². The summed E-state index contributed by atoms with van der Waals surface area (Å²) in [5.74, 6) is 1.16. The Hall–Kier alpha value is -4.00. The highest BCUT2D eigenvalue weighted by atomic mass is 16.5. The van der Waals surface area contributed by atoms with Crippen molar-refractivity contribution in [2.24, 2.45) is 0 Å². The standard InChI is InChI=1S/C28H28N2O5/c1-33-22-11-7-4-8-18(22)16-29-27(31)25-19-9-5-6-10-20(19)28(32)30-13-12-17-14-23(34-2)24(35-3)15-21(17)26(25)30/h4-11,14-15,25-26H,12-13,16H2,1-3H3,(H,29,31)/t25-,26+/m0/s1. The molecule has 2 aliphatic heterocycles. The highest BCUT2D eigenvalue weighted by molar-refractivity contribution is 6.01. The van der Waals surface area contributed by atoms with Crippen LogP contribution in [-0.2, 0) is 17.8 Å². The summed E-state index contributed by atoms with van der Waals surface area (Å²) in [4.78, 5) is 29.2. The highest BCUT2D eigenvalue weighted by Gasteiger charge is 2.46. The molecule has 7 heteroatoms. The summed E-state index contributed by atoms with van der Waals surface area (Å²) < 4.78 is 16.5. The van der Waals surface area contributed by atoms with Crippen LogP contribution in [0.5, 0.6) is 17.2 Å². The molecule has 0 radical (unpaired) electrons. The van der Waals surface area contributed by atoms with Gasteiger partial charge >= 0.3 is 0 Å². The first-order valence-corrected chi connectivity index (χ1v) is 11.6. The first kappa shape index (κ1) is 22.8. The van der Waals surface area contributed by atoms with Crippen molar-refractivity contribution < 1.29 is 23.8 Å². The molecular formula is C28H28N2O5. The number of nitrogens with zero attached hydrogens (tertiary/aromatic N) is 1. The highest BCUT2D eigenvalue weighted by Crippen LogP contribution is 2.48. The summed E-state index contributed by atoms with van der Waals surface area (Å²) in [7, 11) is 4.81. The molecule has 35 heavy (non-hydrogen) atoms. The Kier molecular flexibility index (Phi) is 6.07. The van der Waals surface area contributed by atoms with Crippen LogP contribution in [-0.4, -0.2) is 44.6 Å². The van der Waals surface area contributed by atoms with E-state index in [2.05, 4.69) is 5.32 Å². The first-order chi connectivity index (χ1) is 17.1. The van der Waals surface area contributed by atoms with Crippen molar-refractivity contribution in [1.82, 2.24) is 10.2 Å². The fourth-order valence-corrected chi connectivity index (χ4v) is 5.28. The van der Waals surface area contributed by atoms with Crippen molar-refractivity contribution in [3.63, 3.8) is 0 Å². The lowest BCUT2D eigenvalue weighted by molar-refractivity contribution is -0.124. The van der Waals surface area contributed by atoms with Crippen LogP contribution in [0.4, 0.5) is 0 Å².